The minimum absolute atomic E-state index is 0. The van der Waals surface area contributed by atoms with Crippen LogP contribution in [0.2, 0.25) is 0 Å². The molecule has 2 heterocycles. The second kappa shape index (κ2) is 11.9. The van der Waals surface area contributed by atoms with Gasteiger partial charge in [0.15, 0.2) is 5.96 Å². The molecule has 0 unspecified atom stereocenters. The van der Waals surface area contributed by atoms with E-state index in [2.05, 4.69) is 41.7 Å². The van der Waals surface area contributed by atoms with E-state index in [1.807, 2.05) is 30.3 Å². The number of benzene rings is 1. The molecule has 8 nitrogen and oxygen atoms in total. The number of hydrogen-bond acceptors (Lipinski definition) is 6. The van der Waals surface area contributed by atoms with E-state index in [0.717, 1.165) is 55.1 Å². The van der Waals surface area contributed by atoms with Crippen LogP contribution in [0.5, 0.6) is 0 Å². The number of guanidine groups is 1. The van der Waals surface area contributed by atoms with Crippen molar-refractivity contribution in [2.45, 2.75) is 19.9 Å². The number of rotatable bonds is 6. The molecule has 2 N–H and O–H groups in total. The molecule has 2 aromatic rings. The van der Waals surface area contributed by atoms with E-state index in [4.69, 9.17) is 0 Å². The lowest BCUT2D eigenvalue weighted by Crippen LogP contribution is -2.53. The van der Waals surface area contributed by atoms with Gasteiger partial charge in [0.25, 0.3) is 0 Å². The molecule has 1 aliphatic heterocycles. The van der Waals surface area contributed by atoms with E-state index in [1.165, 1.54) is 11.5 Å². The molecular formula is C19H28IN7OS. The number of halogens is 1. The number of nitrogens with zero attached hydrogens (tertiary/aromatic N) is 5. The van der Waals surface area contributed by atoms with Crippen LogP contribution >= 0.6 is 35.5 Å². The topological polar surface area (TPSA) is 85.8 Å². The molecular weight excluding hydrogens is 501 g/mol. The lowest BCUT2D eigenvalue weighted by atomic mass is 10.2. The molecule has 1 aromatic heterocycles. The molecule has 1 saturated heterocycles. The third kappa shape index (κ3) is 6.81. The van der Waals surface area contributed by atoms with Crippen molar-refractivity contribution in [2.75, 3.05) is 44.7 Å². The lowest BCUT2D eigenvalue weighted by molar-refractivity contribution is -0.120. The summed E-state index contributed by atoms with van der Waals surface area (Å²) in [6.07, 6.45) is 0.860. The van der Waals surface area contributed by atoms with Crippen LogP contribution in [0.4, 0.5) is 5.13 Å². The molecule has 0 spiro atoms. The Morgan fingerprint density at radius 2 is 1.90 bits per heavy atom. The fourth-order valence-electron chi connectivity index (χ4n) is 2.98. The fourth-order valence-corrected chi connectivity index (χ4v) is 3.78. The smallest absolute Gasteiger partial charge is 0.239 e. The third-order valence-electron chi connectivity index (χ3n) is 4.57. The first-order valence-electron chi connectivity index (χ1n) is 9.53. The third-order valence-corrected chi connectivity index (χ3v) is 5.39. The van der Waals surface area contributed by atoms with Crippen LogP contribution in [0.3, 0.4) is 0 Å². The quantitative estimate of drug-likeness (QED) is 0.337. The Morgan fingerprint density at radius 1 is 1.17 bits per heavy atom. The van der Waals surface area contributed by atoms with Crippen LogP contribution in [0.25, 0.3) is 0 Å². The van der Waals surface area contributed by atoms with Crippen LogP contribution in [-0.2, 0) is 17.8 Å². The zero-order valence-corrected chi connectivity index (χ0v) is 19.9. The van der Waals surface area contributed by atoms with Crippen molar-refractivity contribution in [1.29, 1.82) is 0 Å². The number of anilines is 1. The second-order valence-electron chi connectivity index (χ2n) is 6.48. The summed E-state index contributed by atoms with van der Waals surface area (Å²) in [5, 5.41) is 7.07. The summed E-state index contributed by atoms with van der Waals surface area (Å²) in [4.78, 5) is 25.4. The van der Waals surface area contributed by atoms with E-state index >= 15 is 0 Å². The normalized spacial score (nSPS) is 14.3. The van der Waals surface area contributed by atoms with Gasteiger partial charge >= 0.3 is 0 Å². The standard InChI is InChI=1S/C19H27N7OS.HI/c1-3-16-23-19(28-24-16)26-11-9-25(10-12-26)18(20-2)22-14-17(27)21-13-15-7-5-4-6-8-15;/h4-8H,3,9-14H2,1-2H3,(H,20,22)(H,21,27);1H. The van der Waals surface area contributed by atoms with Gasteiger partial charge in [0.1, 0.15) is 5.82 Å². The number of piperazine rings is 1. The molecule has 1 aliphatic rings. The number of carbonyl (C=O) groups excluding carboxylic acids is 1. The van der Waals surface area contributed by atoms with Crippen molar-refractivity contribution in [1.82, 2.24) is 24.9 Å². The van der Waals surface area contributed by atoms with Gasteiger partial charge in [-0.1, -0.05) is 37.3 Å². The summed E-state index contributed by atoms with van der Waals surface area (Å²) in [5.41, 5.74) is 1.08. The monoisotopic (exact) mass is 529 g/mol. The summed E-state index contributed by atoms with van der Waals surface area (Å²) in [7, 11) is 1.74. The van der Waals surface area contributed by atoms with E-state index in [1.54, 1.807) is 7.05 Å². The number of aromatic nitrogens is 2. The van der Waals surface area contributed by atoms with Crippen LogP contribution in [0.15, 0.2) is 35.3 Å². The summed E-state index contributed by atoms with van der Waals surface area (Å²) in [6, 6.07) is 9.88. The lowest BCUT2D eigenvalue weighted by Gasteiger charge is -2.36. The Balaban J connectivity index is 0.00000300. The molecule has 1 aromatic carbocycles. The van der Waals surface area contributed by atoms with Gasteiger partial charge in [-0.3, -0.25) is 9.79 Å². The Bertz CT molecular complexity index is 791. The summed E-state index contributed by atoms with van der Waals surface area (Å²) >= 11 is 1.46. The SMILES string of the molecule is CCc1nsc(N2CCN(C(=NC)NCC(=O)NCc3ccccc3)CC2)n1.I. The maximum Gasteiger partial charge on any atom is 0.239 e. The Labute approximate surface area is 193 Å². The number of aryl methyl sites for hydroxylation is 1. The first-order chi connectivity index (χ1) is 13.7. The maximum atomic E-state index is 12.1. The average molecular weight is 529 g/mol. The highest BCUT2D eigenvalue weighted by molar-refractivity contribution is 14.0. The van der Waals surface area contributed by atoms with Crippen molar-refractivity contribution < 1.29 is 4.79 Å². The van der Waals surface area contributed by atoms with Gasteiger partial charge in [-0.2, -0.15) is 4.37 Å². The van der Waals surface area contributed by atoms with Crippen LogP contribution in [0, 0.1) is 0 Å². The zero-order chi connectivity index (χ0) is 19.8. The molecule has 0 bridgehead atoms. The van der Waals surface area contributed by atoms with Gasteiger partial charge in [-0.15, -0.1) is 24.0 Å². The highest BCUT2D eigenvalue weighted by atomic mass is 127. The van der Waals surface area contributed by atoms with Gasteiger partial charge in [-0.25, -0.2) is 4.98 Å². The summed E-state index contributed by atoms with van der Waals surface area (Å²) in [5.74, 6) is 1.60. The highest BCUT2D eigenvalue weighted by Crippen LogP contribution is 2.19. The molecule has 1 amide bonds. The number of hydrogen-bond donors (Lipinski definition) is 2. The molecule has 3 rings (SSSR count). The summed E-state index contributed by atoms with van der Waals surface area (Å²) < 4.78 is 4.36. The number of nitrogens with one attached hydrogen (secondary N) is 2. The van der Waals surface area contributed by atoms with Gasteiger partial charge in [-0.05, 0) is 5.56 Å². The first-order valence-corrected chi connectivity index (χ1v) is 10.3. The molecule has 158 valence electrons. The van der Waals surface area contributed by atoms with Gasteiger partial charge in [0.2, 0.25) is 11.0 Å². The molecule has 0 atom stereocenters. The van der Waals surface area contributed by atoms with Crippen molar-refractivity contribution in [3.05, 3.63) is 41.7 Å². The molecule has 10 heteroatoms. The second-order valence-corrected chi connectivity index (χ2v) is 7.21. The number of aliphatic imine (C=N–C) groups is 1. The van der Waals surface area contributed by atoms with Crippen LogP contribution < -0.4 is 15.5 Å². The predicted molar refractivity (Wildman–Crippen MR) is 128 cm³/mol. The van der Waals surface area contributed by atoms with E-state index in [0.29, 0.717) is 6.54 Å². The molecule has 1 fully saturated rings. The minimum Gasteiger partial charge on any atom is -0.350 e. The van der Waals surface area contributed by atoms with Gasteiger partial charge < -0.3 is 20.4 Å². The van der Waals surface area contributed by atoms with Crippen molar-refractivity contribution in [3.8, 4) is 0 Å². The average Bonchev–Trinajstić information content (AvgIpc) is 3.23. The highest BCUT2D eigenvalue weighted by Gasteiger charge is 2.22. The zero-order valence-electron chi connectivity index (χ0n) is 16.8. The Morgan fingerprint density at radius 3 is 2.52 bits per heavy atom. The maximum absolute atomic E-state index is 12.1. The van der Waals surface area contributed by atoms with E-state index < -0.39 is 0 Å². The Hall–Kier alpha value is -1.95. The molecule has 0 radical (unpaired) electrons. The molecule has 0 saturated carbocycles. The first kappa shape index (κ1) is 23.3. The van der Waals surface area contributed by atoms with E-state index in [-0.39, 0.29) is 36.4 Å². The largest absolute Gasteiger partial charge is 0.350 e. The van der Waals surface area contributed by atoms with Crippen LogP contribution in [-0.4, -0.2) is 65.9 Å². The molecule has 0 aliphatic carbocycles. The Kier molecular flexibility index (Phi) is 9.58. The summed E-state index contributed by atoms with van der Waals surface area (Å²) in [6.45, 7) is 6.17. The van der Waals surface area contributed by atoms with Crippen molar-refractivity contribution >= 4 is 52.5 Å². The minimum atomic E-state index is -0.0513. The number of carbonyl (C=O) groups is 1. The predicted octanol–water partition coefficient (Wildman–Crippen LogP) is 1.73. The van der Waals surface area contributed by atoms with Gasteiger partial charge in [0, 0.05) is 57.7 Å². The fraction of sp³-hybridized carbons (Fsp3) is 0.474. The van der Waals surface area contributed by atoms with Crippen molar-refractivity contribution in [3.63, 3.8) is 0 Å². The van der Waals surface area contributed by atoms with Crippen LogP contribution in [0.1, 0.15) is 18.3 Å². The van der Waals surface area contributed by atoms with E-state index in [9.17, 15) is 4.79 Å². The molecule has 29 heavy (non-hydrogen) atoms. The van der Waals surface area contributed by atoms with Crippen molar-refractivity contribution in [2.24, 2.45) is 4.99 Å². The number of amides is 1. The van der Waals surface area contributed by atoms with Gasteiger partial charge in [0.05, 0.1) is 6.54 Å².